The van der Waals surface area contributed by atoms with Crippen molar-refractivity contribution in [3.63, 3.8) is 0 Å². The first-order chi connectivity index (χ1) is 11.3. The van der Waals surface area contributed by atoms with Crippen LogP contribution in [0.1, 0.15) is 31.2 Å². The van der Waals surface area contributed by atoms with E-state index in [1.165, 1.54) is 11.8 Å². The fourth-order valence-electron chi connectivity index (χ4n) is 3.02. The highest BCUT2D eigenvalue weighted by Gasteiger charge is 2.35. The van der Waals surface area contributed by atoms with Crippen LogP contribution in [0.4, 0.5) is 0 Å². The third-order valence-electron chi connectivity index (χ3n) is 4.43. The quantitative estimate of drug-likeness (QED) is 0.621. The summed E-state index contributed by atoms with van der Waals surface area (Å²) < 4.78 is 5.38. The van der Waals surface area contributed by atoms with Gasteiger partial charge in [-0.1, -0.05) is 11.8 Å². The third kappa shape index (κ3) is 4.91. The number of thioether (sulfide) groups is 1. The molecule has 1 unspecified atom stereocenters. The molecular weight excluding hydrogens is 326 g/mol. The second-order valence-electron chi connectivity index (χ2n) is 6.66. The number of hydrogen-bond donors (Lipinski definition) is 1. The van der Waals surface area contributed by atoms with Gasteiger partial charge in [0.05, 0.1) is 11.9 Å². The number of ether oxygens (including phenoxy) is 1. The Labute approximate surface area is 148 Å². The number of carbonyl (C=O) groups is 1. The van der Waals surface area contributed by atoms with Crippen molar-refractivity contribution in [2.24, 2.45) is 5.41 Å². The molecule has 0 saturated carbocycles. The van der Waals surface area contributed by atoms with Crippen molar-refractivity contribution >= 4 is 17.7 Å². The summed E-state index contributed by atoms with van der Waals surface area (Å²) in [6.45, 7) is 7.63. The number of aryl methyl sites for hydroxylation is 2. The summed E-state index contributed by atoms with van der Waals surface area (Å²) in [5.41, 5.74) is 1.56. The second kappa shape index (κ2) is 8.27. The highest BCUT2D eigenvalue weighted by molar-refractivity contribution is 8.00. The molecule has 1 aliphatic heterocycles. The third-order valence-corrected chi connectivity index (χ3v) is 5.38. The van der Waals surface area contributed by atoms with Crippen LogP contribution in [0, 0.1) is 19.3 Å². The highest BCUT2D eigenvalue weighted by atomic mass is 32.2. The predicted molar refractivity (Wildman–Crippen MR) is 94.0 cm³/mol. The molecule has 1 amide bonds. The molecule has 1 saturated heterocycles. The van der Waals surface area contributed by atoms with Crippen LogP contribution in [-0.4, -0.2) is 64.5 Å². The number of carbonyl (C=O) groups excluding carboxylic acids is 1. The number of amides is 1. The normalized spacial score (nSPS) is 18.2. The predicted octanol–water partition coefficient (Wildman–Crippen LogP) is 1.82. The van der Waals surface area contributed by atoms with Crippen LogP contribution in [0.15, 0.2) is 11.2 Å². The standard InChI is InChI=1S/C17H27N3O3S/c1-12-9-13(2)19-16(18-12)24-14(3)15(22)20(4)10-17(11-21)5-7-23-8-6-17/h9,14,21H,5-8,10-11H2,1-4H3. The molecule has 1 aromatic rings. The number of hydrogen-bond acceptors (Lipinski definition) is 6. The van der Waals surface area contributed by atoms with E-state index < -0.39 is 0 Å². The minimum atomic E-state index is -0.271. The SMILES string of the molecule is Cc1cc(C)nc(SC(C)C(=O)N(C)CC2(CO)CCOCC2)n1. The molecule has 7 heteroatoms. The van der Waals surface area contributed by atoms with Crippen LogP contribution < -0.4 is 0 Å². The van der Waals surface area contributed by atoms with Crippen LogP contribution in [0.2, 0.25) is 0 Å². The smallest absolute Gasteiger partial charge is 0.235 e. The van der Waals surface area contributed by atoms with E-state index in [-0.39, 0.29) is 23.2 Å². The van der Waals surface area contributed by atoms with Gasteiger partial charge in [0.2, 0.25) is 5.91 Å². The van der Waals surface area contributed by atoms with Gasteiger partial charge in [-0.3, -0.25) is 4.79 Å². The summed E-state index contributed by atoms with van der Waals surface area (Å²) in [5.74, 6) is 0.0297. The number of rotatable bonds is 6. The molecular formula is C17H27N3O3S. The van der Waals surface area contributed by atoms with Gasteiger partial charge in [0.25, 0.3) is 0 Å². The lowest BCUT2D eigenvalue weighted by molar-refractivity contribution is -0.132. The van der Waals surface area contributed by atoms with E-state index in [0.29, 0.717) is 24.9 Å². The van der Waals surface area contributed by atoms with Gasteiger partial charge >= 0.3 is 0 Å². The fourth-order valence-corrected chi connectivity index (χ4v) is 4.01. The average Bonchev–Trinajstić information content (AvgIpc) is 2.53. The lowest BCUT2D eigenvalue weighted by atomic mass is 9.80. The molecule has 24 heavy (non-hydrogen) atoms. The summed E-state index contributed by atoms with van der Waals surface area (Å²) in [6.07, 6.45) is 1.56. The largest absolute Gasteiger partial charge is 0.396 e. The molecule has 1 atom stereocenters. The van der Waals surface area contributed by atoms with Crippen LogP contribution in [0.25, 0.3) is 0 Å². The number of aromatic nitrogens is 2. The molecule has 1 aliphatic rings. The fraction of sp³-hybridized carbons (Fsp3) is 0.706. The Morgan fingerprint density at radius 1 is 1.38 bits per heavy atom. The number of aliphatic hydroxyl groups is 1. The molecule has 6 nitrogen and oxygen atoms in total. The van der Waals surface area contributed by atoms with Crippen molar-refractivity contribution in [1.82, 2.24) is 14.9 Å². The van der Waals surface area contributed by atoms with Crippen LogP contribution in [0.3, 0.4) is 0 Å². The lowest BCUT2D eigenvalue weighted by Crippen LogP contribution is -2.46. The lowest BCUT2D eigenvalue weighted by Gasteiger charge is -2.39. The van der Waals surface area contributed by atoms with Crippen molar-refractivity contribution in [2.75, 3.05) is 33.4 Å². The molecule has 0 spiro atoms. The minimum absolute atomic E-state index is 0.0297. The van der Waals surface area contributed by atoms with Crippen LogP contribution in [0.5, 0.6) is 0 Å². The molecule has 2 heterocycles. The Morgan fingerprint density at radius 3 is 2.50 bits per heavy atom. The topological polar surface area (TPSA) is 75.6 Å². The summed E-state index contributed by atoms with van der Waals surface area (Å²) in [4.78, 5) is 23.2. The Kier molecular flexibility index (Phi) is 6.60. The zero-order chi connectivity index (χ0) is 17.7. The minimum Gasteiger partial charge on any atom is -0.396 e. The molecule has 1 aromatic heterocycles. The van der Waals surface area contributed by atoms with Gasteiger partial charge < -0.3 is 14.7 Å². The Balaban J connectivity index is 1.98. The van der Waals surface area contributed by atoms with Gasteiger partial charge in [-0.05, 0) is 39.7 Å². The molecule has 0 radical (unpaired) electrons. The molecule has 0 aliphatic carbocycles. The van der Waals surface area contributed by atoms with Crippen molar-refractivity contribution in [3.8, 4) is 0 Å². The van der Waals surface area contributed by atoms with E-state index in [0.717, 1.165) is 24.2 Å². The van der Waals surface area contributed by atoms with Gasteiger partial charge in [-0.25, -0.2) is 9.97 Å². The van der Waals surface area contributed by atoms with Gasteiger partial charge in [0, 0.05) is 43.6 Å². The Bertz CT molecular complexity index is 556. The van der Waals surface area contributed by atoms with Crippen molar-refractivity contribution in [1.29, 1.82) is 0 Å². The molecule has 134 valence electrons. The highest BCUT2D eigenvalue weighted by Crippen LogP contribution is 2.31. The van der Waals surface area contributed by atoms with Crippen LogP contribution in [-0.2, 0) is 9.53 Å². The monoisotopic (exact) mass is 353 g/mol. The van der Waals surface area contributed by atoms with Gasteiger partial charge in [-0.15, -0.1) is 0 Å². The van der Waals surface area contributed by atoms with Gasteiger partial charge in [0.15, 0.2) is 5.16 Å². The van der Waals surface area contributed by atoms with E-state index in [4.69, 9.17) is 4.74 Å². The maximum Gasteiger partial charge on any atom is 0.235 e. The maximum absolute atomic E-state index is 12.7. The van der Waals surface area contributed by atoms with Crippen molar-refractivity contribution < 1.29 is 14.6 Å². The van der Waals surface area contributed by atoms with E-state index in [1.54, 1.807) is 11.9 Å². The zero-order valence-electron chi connectivity index (χ0n) is 14.9. The molecule has 0 bridgehead atoms. The summed E-state index contributed by atoms with van der Waals surface area (Å²) >= 11 is 1.38. The zero-order valence-corrected chi connectivity index (χ0v) is 15.7. The van der Waals surface area contributed by atoms with Crippen molar-refractivity contribution in [2.45, 2.75) is 44.0 Å². The summed E-state index contributed by atoms with van der Waals surface area (Å²) in [7, 11) is 1.80. The Hall–Kier alpha value is -1.18. The first-order valence-electron chi connectivity index (χ1n) is 8.28. The van der Waals surface area contributed by atoms with Crippen LogP contribution >= 0.6 is 11.8 Å². The molecule has 1 N–H and O–H groups in total. The summed E-state index contributed by atoms with van der Waals surface area (Å²) in [6, 6.07) is 1.92. The van der Waals surface area contributed by atoms with E-state index >= 15 is 0 Å². The average molecular weight is 353 g/mol. The van der Waals surface area contributed by atoms with Gasteiger partial charge in [-0.2, -0.15) is 0 Å². The molecule has 0 aromatic carbocycles. The van der Waals surface area contributed by atoms with Gasteiger partial charge in [0.1, 0.15) is 0 Å². The van der Waals surface area contributed by atoms with E-state index in [1.807, 2.05) is 26.8 Å². The maximum atomic E-state index is 12.7. The first kappa shape index (κ1) is 19.1. The second-order valence-corrected chi connectivity index (χ2v) is 7.97. The first-order valence-corrected chi connectivity index (χ1v) is 9.16. The van der Waals surface area contributed by atoms with E-state index in [9.17, 15) is 9.90 Å². The molecule has 2 rings (SSSR count). The Morgan fingerprint density at radius 2 is 1.96 bits per heavy atom. The van der Waals surface area contributed by atoms with Crippen molar-refractivity contribution in [3.05, 3.63) is 17.5 Å². The number of aliphatic hydroxyl groups excluding tert-OH is 1. The molecule has 1 fully saturated rings. The number of nitrogens with zero attached hydrogens (tertiary/aromatic N) is 3. The summed E-state index contributed by atoms with van der Waals surface area (Å²) in [5, 5.41) is 10.1. The van der Waals surface area contributed by atoms with E-state index in [2.05, 4.69) is 9.97 Å².